The van der Waals surface area contributed by atoms with Gasteiger partial charge in [0.15, 0.2) is 0 Å². The highest BCUT2D eigenvalue weighted by Gasteiger charge is 2.25. The van der Waals surface area contributed by atoms with Crippen LogP contribution in [0.4, 0.5) is 4.79 Å². The summed E-state index contributed by atoms with van der Waals surface area (Å²) < 4.78 is 5.78. The lowest BCUT2D eigenvalue weighted by atomic mass is 10.1. The van der Waals surface area contributed by atoms with Crippen molar-refractivity contribution in [3.8, 4) is 5.75 Å². The first-order valence-corrected chi connectivity index (χ1v) is 8.13. The van der Waals surface area contributed by atoms with Crippen molar-refractivity contribution in [3.05, 3.63) is 70.1 Å². The number of benzene rings is 2. The number of aromatic carboxylic acids is 1. The SMILES string of the molecule is O=C1NC(=O)/C(=C\c2ccccc2OCc2ccc(C(=O)O)cc2)S1. The van der Waals surface area contributed by atoms with Crippen LogP contribution < -0.4 is 10.1 Å². The summed E-state index contributed by atoms with van der Waals surface area (Å²) in [5.74, 6) is -0.842. The van der Waals surface area contributed by atoms with Crippen molar-refractivity contribution in [1.82, 2.24) is 5.32 Å². The minimum atomic E-state index is -0.980. The van der Waals surface area contributed by atoms with Gasteiger partial charge in [0.2, 0.25) is 0 Å². The number of carbonyl (C=O) groups excluding carboxylic acids is 2. The third kappa shape index (κ3) is 4.07. The molecule has 1 heterocycles. The Labute approximate surface area is 147 Å². The van der Waals surface area contributed by atoms with Gasteiger partial charge >= 0.3 is 5.97 Å². The molecule has 2 amide bonds. The number of para-hydroxylation sites is 1. The van der Waals surface area contributed by atoms with Gasteiger partial charge in [-0.3, -0.25) is 14.9 Å². The molecule has 1 aliphatic rings. The number of nitrogens with one attached hydrogen (secondary N) is 1. The second kappa shape index (κ2) is 7.23. The zero-order valence-corrected chi connectivity index (χ0v) is 13.7. The van der Waals surface area contributed by atoms with Gasteiger partial charge in [-0.2, -0.15) is 0 Å². The summed E-state index contributed by atoms with van der Waals surface area (Å²) in [5.41, 5.74) is 1.70. The summed E-state index contributed by atoms with van der Waals surface area (Å²) in [6.07, 6.45) is 1.60. The van der Waals surface area contributed by atoms with E-state index in [0.717, 1.165) is 17.3 Å². The molecule has 1 fully saturated rings. The maximum Gasteiger partial charge on any atom is 0.335 e. The fourth-order valence-corrected chi connectivity index (χ4v) is 2.87. The van der Waals surface area contributed by atoms with Gasteiger partial charge in [0, 0.05) is 5.56 Å². The zero-order valence-electron chi connectivity index (χ0n) is 12.9. The van der Waals surface area contributed by atoms with E-state index in [1.807, 2.05) is 0 Å². The van der Waals surface area contributed by atoms with Crippen molar-refractivity contribution in [2.75, 3.05) is 0 Å². The third-order valence-electron chi connectivity index (χ3n) is 3.44. The number of carbonyl (C=O) groups is 3. The van der Waals surface area contributed by atoms with E-state index in [9.17, 15) is 14.4 Å². The van der Waals surface area contributed by atoms with E-state index in [1.54, 1.807) is 42.5 Å². The van der Waals surface area contributed by atoms with Gasteiger partial charge in [-0.15, -0.1) is 0 Å². The topological polar surface area (TPSA) is 92.7 Å². The van der Waals surface area contributed by atoms with E-state index in [4.69, 9.17) is 9.84 Å². The molecular weight excluding hydrogens is 342 g/mol. The Balaban J connectivity index is 1.75. The molecule has 1 saturated heterocycles. The number of hydrogen-bond acceptors (Lipinski definition) is 5. The Morgan fingerprint density at radius 3 is 2.48 bits per heavy atom. The molecule has 0 radical (unpaired) electrons. The number of carboxylic acid groups (broad SMARTS) is 1. The van der Waals surface area contributed by atoms with E-state index < -0.39 is 17.1 Å². The third-order valence-corrected chi connectivity index (χ3v) is 4.25. The monoisotopic (exact) mass is 355 g/mol. The van der Waals surface area contributed by atoms with Crippen LogP contribution in [0.2, 0.25) is 0 Å². The minimum absolute atomic E-state index is 0.211. The first-order valence-electron chi connectivity index (χ1n) is 7.32. The Morgan fingerprint density at radius 1 is 1.12 bits per heavy atom. The van der Waals surface area contributed by atoms with Crippen LogP contribution >= 0.6 is 11.8 Å². The molecule has 0 atom stereocenters. The van der Waals surface area contributed by atoms with Crippen molar-refractivity contribution in [3.63, 3.8) is 0 Å². The molecule has 7 heteroatoms. The molecule has 6 nitrogen and oxygen atoms in total. The van der Waals surface area contributed by atoms with Gasteiger partial charge in [-0.05, 0) is 41.6 Å². The quantitative estimate of drug-likeness (QED) is 0.800. The number of imide groups is 1. The van der Waals surface area contributed by atoms with Crippen molar-refractivity contribution >= 4 is 35.0 Å². The van der Waals surface area contributed by atoms with E-state index >= 15 is 0 Å². The molecule has 0 saturated carbocycles. The van der Waals surface area contributed by atoms with E-state index in [2.05, 4.69) is 5.32 Å². The van der Waals surface area contributed by atoms with Gasteiger partial charge in [0.1, 0.15) is 12.4 Å². The lowest BCUT2D eigenvalue weighted by Crippen LogP contribution is -2.17. The highest BCUT2D eigenvalue weighted by molar-refractivity contribution is 8.18. The number of carboxylic acids is 1. The molecule has 0 bridgehead atoms. The van der Waals surface area contributed by atoms with Crippen LogP contribution in [-0.4, -0.2) is 22.2 Å². The molecule has 2 N–H and O–H groups in total. The number of rotatable bonds is 5. The van der Waals surface area contributed by atoms with Gasteiger partial charge in [-0.1, -0.05) is 30.3 Å². The Bertz CT molecular complexity index is 873. The summed E-state index contributed by atoms with van der Waals surface area (Å²) in [6, 6.07) is 13.6. The second-order valence-corrected chi connectivity index (χ2v) is 6.20. The number of ether oxygens (including phenoxy) is 1. The lowest BCUT2D eigenvalue weighted by molar-refractivity contribution is -0.115. The molecule has 2 aromatic carbocycles. The highest BCUT2D eigenvalue weighted by atomic mass is 32.2. The van der Waals surface area contributed by atoms with Gasteiger partial charge in [-0.25, -0.2) is 4.79 Å². The standard InChI is InChI=1S/C18H13NO5S/c20-16-15(25-18(23)19-16)9-13-3-1-2-4-14(13)24-10-11-5-7-12(8-6-11)17(21)22/h1-9H,10H2,(H,21,22)(H,19,20,23)/b15-9+. The lowest BCUT2D eigenvalue weighted by Gasteiger charge is -2.10. The second-order valence-electron chi connectivity index (χ2n) is 5.18. The number of hydrogen-bond donors (Lipinski definition) is 2. The van der Waals surface area contributed by atoms with Crippen LogP contribution in [0, 0.1) is 0 Å². The molecule has 0 spiro atoms. The minimum Gasteiger partial charge on any atom is -0.488 e. The first-order chi connectivity index (χ1) is 12.0. The van der Waals surface area contributed by atoms with Crippen LogP contribution in [0.1, 0.15) is 21.5 Å². The van der Waals surface area contributed by atoms with Crippen molar-refractivity contribution in [2.45, 2.75) is 6.61 Å². The molecule has 1 aliphatic heterocycles. The molecule has 0 unspecified atom stereocenters. The molecule has 3 rings (SSSR count). The summed E-state index contributed by atoms with van der Waals surface area (Å²) >= 11 is 0.846. The van der Waals surface area contributed by atoms with Gasteiger partial charge in [0.25, 0.3) is 11.1 Å². The summed E-state index contributed by atoms with van der Waals surface area (Å²) in [7, 11) is 0. The van der Waals surface area contributed by atoms with Crippen molar-refractivity contribution in [2.24, 2.45) is 0 Å². The summed E-state index contributed by atoms with van der Waals surface area (Å²) in [6.45, 7) is 0.248. The smallest absolute Gasteiger partial charge is 0.335 e. The zero-order chi connectivity index (χ0) is 17.8. The fraction of sp³-hybridized carbons (Fsp3) is 0.0556. The van der Waals surface area contributed by atoms with E-state index in [0.29, 0.717) is 16.2 Å². The maximum atomic E-state index is 11.7. The molecule has 126 valence electrons. The van der Waals surface area contributed by atoms with Gasteiger partial charge < -0.3 is 9.84 Å². The Morgan fingerprint density at radius 2 is 1.84 bits per heavy atom. The molecule has 0 aromatic heterocycles. The van der Waals surface area contributed by atoms with E-state index in [-0.39, 0.29) is 12.2 Å². The van der Waals surface area contributed by atoms with Crippen LogP contribution in [0.25, 0.3) is 6.08 Å². The Hall–Kier alpha value is -3.06. The van der Waals surface area contributed by atoms with Crippen LogP contribution in [0.3, 0.4) is 0 Å². The van der Waals surface area contributed by atoms with Gasteiger partial charge in [0.05, 0.1) is 10.5 Å². The number of amides is 2. The average Bonchev–Trinajstić information content (AvgIpc) is 2.91. The predicted octanol–water partition coefficient (Wildman–Crippen LogP) is 3.29. The molecule has 25 heavy (non-hydrogen) atoms. The number of thioether (sulfide) groups is 1. The summed E-state index contributed by atoms with van der Waals surface area (Å²) in [5, 5.41) is 10.7. The molecule has 2 aromatic rings. The van der Waals surface area contributed by atoms with E-state index in [1.165, 1.54) is 12.1 Å². The van der Waals surface area contributed by atoms with Crippen LogP contribution in [-0.2, 0) is 11.4 Å². The maximum absolute atomic E-state index is 11.7. The Kier molecular flexibility index (Phi) is 4.85. The predicted molar refractivity (Wildman–Crippen MR) is 93.3 cm³/mol. The average molecular weight is 355 g/mol. The van der Waals surface area contributed by atoms with Crippen molar-refractivity contribution < 1.29 is 24.2 Å². The molecular formula is C18H13NO5S. The highest BCUT2D eigenvalue weighted by Crippen LogP contribution is 2.29. The first kappa shape index (κ1) is 16.8. The normalized spacial score (nSPS) is 15.3. The fourth-order valence-electron chi connectivity index (χ4n) is 2.20. The van der Waals surface area contributed by atoms with Crippen molar-refractivity contribution in [1.29, 1.82) is 0 Å². The molecule has 0 aliphatic carbocycles. The van der Waals surface area contributed by atoms with Crippen LogP contribution in [0.5, 0.6) is 5.75 Å². The largest absolute Gasteiger partial charge is 0.488 e. The summed E-state index contributed by atoms with van der Waals surface area (Å²) in [4.78, 5) is 34.1. The van der Waals surface area contributed by atoms with Crippen LogP contribution in [0.15, 0.2) is 53.4 Å².